The van der Waals surface area contributed by atoms with E-state index in [9.17, 15) is 9.59 Å². The van der Waals surface area contributed by atoms with Gasteiger partial charge in [0.15, 0.2) is 0 Å². The maximum Gasteiger partial charge on any atom is 0.252 e. The minimum Gasteiger partial charge on any atom is -0.343 e. The number of benzene rings is 2. The van der Waals surface area contributed by atoms with Crippen LogP contribution in [0.15, 0.2) is 48.5 Å². The standard InChI is InChI=1S/C18H18ClIN2O2/c1-2-22(12-13-7-3-5-9-15(13)19)17(23)11-21-18(24)14-8-4-6-10-16(14)20/h3-10H,2,11-12H2,1H3,(H,21,24). The predicted molar refractivity (Wildman–Crippen MR) is 104 cm³/mol. The maximum absolute atomic E-state index is 12.4. The zero-order chi connectivity index (χ0) is 17.5. The highest BCUT2D eigenvalue weighted by Crippen LogP contribution is 2.17. The van der Waals surface area contributed by atoms with Gasteiger partial charge in [0.25, 0.3) is 5.91 Å². The fourth-order valence-corrected chi connectivity index (χ4v) is 3.04. The van der Waals surface area contributed by atoms with Gasteiger partial charge >= 0.3 is 0 Å². The summed E-state index contributed by atoms with van der Waals surface area (Å²) in [5.41, 5.74) is 1.46. The van der Waals surface area contributed by atoms with Crippen molar-refractivity contribution < 1.29 is 9.59 Å². The molecular formula is C18H18ClIN2O2. The summed E-state index contributed by atoms with van der Waals surface area (Å²) in [7, 11) is 0. The minimum atomic E-state index is -0.248. The molecule has 0 saturated heterocycles. The highest BCUT2D eigenvalue weighted by molar-refractivity contribution is 14.1. The summed E-state index contributed by atoms with van der Waals surface area (Å²) in [6.07, 6.45) is 0. The molecule has 0 heterocycles. The second-order valence-corrected chi connectivity index (χ2v) is 6.73. The smallest absolute Gasteiger partial charge is 0.252 e. The summed E-state index contributed by atoms with van der Waals surface area (Å²) in [4.78, 5) is 26.2. The van der Waals surface area contributed by atoms with Crippen LogP contribution in [-0.4, -0.2) is 29.8 Å². The molecule has 1 N–H and O–H groups in total. The number of nitrogens with zero attached hydrogens (tertiary/aromatic N) is 1. The summed E-state index contributed by atoms with van der Waals surface area (Å²) < 4.78 is 0.850. The molecule has 0 aliphatic rings. The van der Waals surface area contributed by atoms with Crippen LogP contribution in [0.1, 0.15) is 22.8 Å². The second-order valence-electron chi connectivity index (χ2n) is 5.16. The van der Waals surface area contributed by atoms with Gasteiger partial charge in [0.1, 0.15) is 0 Å². The molecule has 0 atom stereocenters. The Morgan fingerprint density at radius 3 is 2.46 bits per heavy atom. The van der Waals surface area contributed by atoms with Crippen molar-refractivity contribution in [3.63, 3.8) is 0 Å². The van der Waals surface area contributed by atoms with E-state index in [1.165, 1.54) is 0 Å². The van der Waals surface area contributed by atoms with Crippen LogP contribution in [-0.2, 0) is 11.3 Å². The lowest BCUT2D eigenvalue weighted by Crippen LogP contribution is -2.40. The molecule has 0 spiro atoms. The monoisotopic (exact) mass is 456 g/mol. The van der Waals surface area contributed by atoms with Gasteiger partial charge in [0.2, 0.25) is 5.91 Å². The van der Waals surface area contributed by atoms with Crippen LogP contribution in [0.25, 0.3) is 0 Å². The van der Waals surface area contributed by atoms with Crippen molar-refractivity contribution in [2.75, 3.05) is 13.1 Å². The number of hydrogen-bond donors (Lipinski definition) is 1. The number of rotatable bonds is 6. The molecule has 0 fully saturated rings. The molecule has 2 amide bonds. The number of hydrogen-bond acceptors (Lipinski definition) is 2. The van der Waals surface area contributed by atoms with Gasteiger partial charge in [-0.3, -0.25) is 9.59 Å². The molecule has 0 saturated carbocycles. The zero-order valence-corrected chi connectivity index (χ0v) is 16.2. The van der Waals surface area contributed by atoms with Gasteiger partial charge < -0.3 is 10.2 Å². The highest BCUT2D eigenvalue weighted by atomic mass is 127. The van der Waals surface area contributed by atoms with Crippen LogP contribution in [0.3, 0.4) is 0 Å². The van der Waals surface area contributed by atoms with Crippen molar-refractivity contribution in [1.29, 1.82) is 0 Å². The highest BCUT2D eigenvalue weighted by Gasteiger charge is 2.16. The van der Waals surface area contributed by atoms with Crippen LogP contribution in [0.5, 0.6) is 0 Å². The van der Waals surface area contributed by atoms with Gasteiger partial charge in [0, 0.05) is 21.7 Å². The normalized spacial score (nSPS) is 10.3. The molecule has 0 aliphatic heterocycles. The lowest BCUT2D eigenvalue weighted by atomic mass is 10.2. The molecule has 24 heavy (non-hydrogen) atoms. The van der Waals surface area contributed by atoms with Crippen LogP contribution in [0.2, 0.25) is 5.02 Å². The third kappa shape index (κ3) is 4.95. The quantitative estimate of drug-likeness (QED) is 0.674. The largest absolute Gasteiger partial charge is 0.343 e. The topological polar surface area (TPSA) is 49.4 Å². The molecule has 6 heteroatoms. The summed E-state index contributed by atoms with van der Waals surface area (Å²) in [6.45, 7) is 2.83. The van der Waals surface area contributed by atoms with Crippen molar-refractivity contribution in [2.45, 2.75) is 13.5 Å². The Kier molecular flexibility index (Phi) is 7.05. The van der Waals surface area contributed by atoms with Crippen molar-refractivity contribution in [2.24, 2.45) is 0 Å². The van der Waals surface area contributed by atoms with E-state index in [-0.39, 0.29) is 18.4 Å². The number of amides is 2. The molecule has 0 radical (unpaired) electrons. The molecule has 126 valence electrons. The van der Waals surface area contributed by atoms with Gasteiger partial charge in [-0.1, -0.05) is 41.9 Å². The average Bonchev–Trinajstić information content (AvgIpc) is 2.59. The fraction of sp³-hybridized carbons (Fsp3) is 0.222. The lowest BCUT2D eigenvalue weighted by Gasteiger charge is -2.22. The number of halogens is 2. The Bertz CT molecular complexity index is 736. The summed E-state index contributed by atoms with van der Waals surface area (Å²) >= 11 is 8.25. The SMILES string of the molecule is CCN(Cc1ccccc1Cl)C(=O)CNC(=O)c1ccccc1I. The Morgan fingerprint density at radius 2 is 1.79 bits per heavy atom. The van der Waals surface area contributed by atoms with Crippen LogP contribution in [0, 0.1) is 3.57 Å². The lowest BCUT2D eigenvalue weighted by molar-refractivity contribution is -0.130. The molecule has 0 aliphatic carbocycles. The Hall–Kier alpha value is -1.60. The Balaban J connectivity index is 1.96. The molecule has 0 aromatic heterocycles. The first-order chi connectivity index (χ1) is 11.5. The summed E-state index contributed by atoms with van der Waals surface area (Å²) in [5.74, 6) is -0.390. The minimum absolute atomic E-state index is 0.0396. The summed E-state index contributed by atoms with van der Waals surface area (Å²) in [6, 6.07) is 14.7. The van der Waals surface area contributed by atoms with E-state index in [2.05, 4.69) is 27.9 Å². The second kappa shape index (κ2) is 9.03. The van der Waals surface area contributed by atoms with Crippen LogP contribution >= 0.6 is 34.2 Å². The van der Waals surface area contributed by atoms with Gasteiger partial charge in [-0.05, 0) is 53.3 Å². The summed E-state index contributed by atoms with van der Waals surface area (Å²) in [5, 5.41) is 3.32. The predicted octanol–water partition coefficient (Wildman–Crippen LogP) is 3.72. The average molecular weight is 457 g/mol. The van der Waals surface area contributed by atoms with E-state index in [0.717, 1.165) is 9.13 Å². The Labute approximate surface area is 160 Å². The molecular weight excluding hydrogens is 439 g/mol. The van der Waals surface area contributed by atoms with Gasteiger partial charge in [-0.15, -0.1) is 0 Å². The van der Waals surface area contributed by atoms with Crippen molar-refractivity contribution in [1.82, 2.24) is 10.2 Å². The molecule has 0 bridgehead atoms. The van der Waals surface area contributed by atoms with Crippen molar-refractivity contribution in [3.8, 4) is 0 Å². The van der Waals surface area contributed by atoms with E-state index in [0.29, 0.717) is 23.7 Å². The van der Waals surface area contributed by atoms with Crippen LogP contribution in [0.4, 0.5) is 0 Å². The van der Waals surface area contributed by atoms with Gasteiger partial charge in [0.05, 0.1) is 12.1 Å². The molecule has 2 aromatic rings. The van der Waals surface area contributed by atoms with E-state index in [4.69, 9.17) is 11.6 Å². The first-order valence-electron chi connectivity index (χ1n) is 7.56. The van der Waals surface area contributed by atoms with E-state index in [1.807, 2.05) is 37.3 Å². The first-order valence-corrected chi connectivity index (χ1v) is 9.02. The van der Waals surface area contributed by atoms with Crippen molar-refractivity contribution in [3.05, 3.63) is 68.3 Å². The van der Waals surface area contributed by atoms with Gasteiger partial charge in [-0.25, -0.2) is 0 Å². The maximum atomic E-state index is 12.4. The number of carbonyl (C=O) groups excluding carboxylic acids is 2. The fourth-order valence-electron chi connectivity index (χ4n) is 2.22. The van der Waals surface area contributed by atoms with Crippen LogP contribution < -0.4 is 5.32 Å². The molecule has 2 aromatic carbocycles. The third-order valence-electron chi connectivity index (χ3n) is 3.57. The molecule has 4 nitrogen and oxygen atoms in total. The van der Waals surface area contributed by atoms with E-state index < -0.39 is 0 Å². The first kappa shape index (κ1) is 18.7. The Morgan fingerprint density at radius 1 is 1.12 bits per heavy atom. The molecule has 0 unspecified atom stereocenters. The van der Waals surface area contributed by atoms with Crippen molar-refractivity contribution >= 4 is 46.0 Å². The zero-order valence-electron chi connectivity index (χ0n) is 13.3. The number of likely N-dealkylation sites (N-methyl/N-ethyl adjacent to an activating group) is 1. The van der Waals surface area contributed by atoms with E-state index in [1.54, 1.807) is 23.1 Å². The number of carbonyl (C=O) groups is 2. The van der Waals surface area contributed by atoms with E-state index >= 15 is 0 Å². The van der Waals surface area contributed by atoms with Gasteiger partial charge in [-0.2, -0.15) is 0 Å². The number of nitrogens with one attached hydrogen (secondary N) is 1. The third-order valence-corrected chi connectivity index (χ3v) is 4.88. The molecule has 2 rings (SSSR count).